The molecule has 0 unspecified atom stereocenters. The first-order valence-corrected chi connectivity index (χ1v) is 6.61. The zero-order chi connectivity index (χ0) is 14.2. The van der Waals surface area contributed by atoms with E-state index in [-0.39, 0.29) is 0 Å². The molecule has 0 spiro atoms. The van der Waals surface area contributed by atoms with E-state index in [0.29, 0.717) is 24.9 Å². The van der Waals surface area contributed by atoms with Gasteiger partial charge in [-0.2, -0.15) is 10.1 Å². The minimum absolute atomic E-state index is 0.487. The number of nitrogens with one attached hydrogen (secondary N) is 2. The number of benzene rings is 1. The van der Waals surface area contributed by atoms with Gasteiger partial charge in [0.25, 0.3) is 0 Å². The highest BCUT2D eigenvalue weighted by molar-refractivity contribution is 5.60. The summed E-state index contributed by atoms with van der Waals surface area (Å²) in [5.74, 6) is 1.15. The van der Waals surface area contributed by atoms with Crippen LogP contribution >= 0.6 is 0 Å². The Labute approximate surface area is 118 Å². The van der Waals surface area contributed by atoms with Gasteiger partial charge in [-0.25, -0.2) is 0 Å². The highest BCUT2D eigenvalue weighted by Gasteiger charge is 2.03. The van der Waals surface area contributed by atoms with Crippen molar-refractivity contribution in [2.75, 3.05) is 30.9 Å². The fourth-order valence-electron chi connectivity index (χ4n) is 1.79. The summed E-state index contributed by atoms with van der Waals surface area (Å²) in [5.41, 5.74) is 2.28. The first kappa shape index (κ1) is 14.2. The van der Waals surface area contributed by atoms with Crippen LogP contribution < -0.4 is 10.6 Å². The van der Waals surface area contributed by atoms with Crippen molar-refractivity contribution < 1.29 is 4.74 Å². The third-order valence-electron chi connectivity index (χ3n) is 2.81. The maximum Gasteiger partial charge on any atom is 0.244 e. The van der Waals surface area contributed by atoms with Crippen LogP contribution in [0.15, 0.2) is 30.5 Å². The summed E-state index contributed by atoms with van der Waals surface area (Å²) < 4.78 is 4.97. The molecule has 0 aliphatic carbocycles. The molecule has 20 heavy (non-hydrogen) atoms. The van der Waals surface area contributed by atoms with Gasteiger partial charge >= 0.3 is 0 Å². The fraction of sp³-hybridized carbons (Fsp3) is 0.357. The number of rotatable bonds is 7. The molecule has 6 nitrogen and oxygen atoms in total. The lowest BCUT2D eigenvalue weighted by Crippen LogP contribution is -2.11. The Morgan fingerprint density at radius 3 is 2.90 bits per heavy atom. The van der Waals surface area contributed by atoms with Gasteiger partial charge in [0, 0.05) is 19.3 Å². The van der Waals surface area contributed by atoms with Gasteiger partial charge in [-0.05, 0) is 18.1 Å². The van der Waals surface area contributed by atoms with Crippen LogP contribution in [0.5, 0.6) is 0 Å². The van der Waals surface area contributed by atoms with Crippen molar-refractivity contribution in [1.82, 2.24) is 15.2 Å². The van der Waals surface area contributed by atoms with Crippen LogP contribution in [0.4, 0.5) is 17.5 Å². The second-order valence-corrected chi connectivity index (χ2v) is 4.22. The first-order chi connectivity index (χ1) is 9.83. The zero-order valence-corrected chi connectivity index (χ0v) is 11.8. The monoisotopic (exact) mass is 273 g/mol. The minimum atomic E-state index is 0.487. The quantitative estimate of drug-likeness (QED) is 0.754. The van der Waals surface area contributed by atoms with Crippen LogP contribution in [0.3, 0.4) is 0 Å². The molecule has 0 amide bonds. The van der Waals surface area contributed by atoms with E-state index in [9.17, 15) is 0 Å². The number of hydrogen-bond donors (Lipinski definition) is 2. The van der Waals surface area contributed by atoms with Crippen LogP contribution in [-0.4, -0.2) is 35.4 Å². The summed E-state index contributed by atoms with van der Waals surface area (Å²) in [7, 11) is 1.65. The molecule has 0 aliphatic heterocycles. The van der Waals surface area contributed by atoms with E-state index in [1.807, 2.05) is 18.2 Å². The van der Waals surface area contributed by atoms with Gasteiger partial charge in [-0.1, -0.05) is 25.1 Å². The second kappa shape index (κ2) is 7.40. The summed E-state index contributed by atoms with van der Waals surface area (Å²) in [4.78, 5) is 4.36. The summed E-state index contributed by atoms with van der Waals surface area (Å²) >= 11 is 0. The molecule has 2 aromatic rings. The molecule has 1 aromatic heterocycles. The number of hydrogen-bond acceptors (Lipinski definition) is 6. The Balaban J connectivity index is 2.07. The molecule has 0 radical (unpaired) electrons. The third-order valence-corrected chi connectivity index (χ3v) is 2.81. The largest absolute Gasteiger partial charge is 0.383 e. The van der Waals surface area contributed by atoms with Gasteiger partial charge in [0.2, 0.25) is 5.95 Å². The molecule has 2 N–H and O–H groups in total. The lowest BCUT2D eigenvalue weighted by molar-refractivity contribution is 0.210. The molecule has 6 heteroatoms. The number of anilines is 3. The van der Waals surface area contributed by atoms with E-state index in [0.717, 1.165) is 12.1 Å². The molecule has 0 atom stereocenters. The van der Waals surface area contributed by atoms with Crippen LogP contribution in [0.1, 0.15) is 12.5 Å². The van der Waals surface area contributed by atoms with E-state index in [4.69, 9.17) is 4.74 Å². The van der Waals surface area contributed by atoms with Crippen LogP contribution in [-0.2, 0) is 11.2 Å². The van der Waals surface area contributed by atoms with Crippen LogP contribution in [0.25, 0.3) is 0 Å². The average molecular weight is 273 g/mol. The lowest BCUT2D eigenvalue weighted by Gasteiger charge is -2.10. The van der Waals surface area contributed by atoms with E-state index < -0.39 is 0 Å². The Morgan fingerprint density at radius 2 is 2.10 bits per heavy atom. The van der Waals surface area contributed by atoms with Crippen LogP contribution in [0, 0.1) is 0 Å². The van der Waals surface area contributed by atoms with E-state index in [1.54, 1.807) is 13.3 Å². The average Bonchev–Trinajstić information content (AvgIpc) is 2.48. The Morgan fingerprint density at radius 1 is 1.25 bits per heavy atom. The Kier molecular flexibility index (Phi) is 5.25. The topological polar surface area (TPSA) is 72.0 Å². The lowest BCUT2D eigenvalue weighted by atomic mass is 10.1. The predicted octanol–water partition coefficient (Wildman–Crippen LogP) is 2.24. The molecule has 106 valence electrons. The van der Waals surface area contributed by atoms with Crippen LogP contribution in [0.2, 0.25) is 0 Å². The van der Waals surface area contributed by atoms with Crippen molar-refractivity contribution in [3.05, 3.63) is 36.0 Å². The Hall–Kier alpha value is -2.21. The van der Waals surface area contributed by atoms with E-state index >= 15 is 0 Å². The van der Waals surface area contributed by atoms with E-state index in [1.165, 1.54) is 5.56 Å². The second-order valence-electron chi connectivity index (χ2n) is 4.22. The highest BCUT2D eigenvalue weighted by atomic mass is 16.5. The number of para-hydroxylation sites is 1. The van der Waals surface area contributed by atoms with Crippen molar-refractivity contribution in [2.24, 2.45) is 0 Å². The van der Waals surface area contributed by atoms with E-state index in [2.05, 4.69) is 38.8 Å². The molecule has 0 saturated heterocycles. The number of aryl methyl sites for hydroxylation is 1. The number of aromatic nitrogens is 3. The summed E-state index contributed by atoms with van der Waals surface area (Å²) in [6, 6.07) is 8.14. The van der Waals surface area contributed by atoms with Gasteiger partial charge in [0.15, 0.2) is 5.82 Å². The van der Waals surface area contributed by atoms with Crippen molar-refractivity contribution in [3.8, 4) is 0 Å². The molecular weight excluding hydrogens is 254 g/mol. The maximum absolute atomic E-state index is 4.97. The summed E-state index contributed by atoms with van der Waals surface area (Å²) in [5, 5.41) is 14.2. The molecule has 0 aliphatic rings. The standard InChI is InChI=1S/C14H19N5O/c1-3-11-6-4-5-7-12(11)17-13-10-16-19-14(18-13)15-8-9-20-2/h4-7,10H,3,8-9H2,1-2H3,(H2,15,17,18,19). The normalized spacial score (nSPS) is 10.3. The Bertz CT molecular complexity index is 547. The SMILES string of the molecule is CCc1ccccc1Nc1cnnc(NCCOC)n1. The van der Waals surface area contributed by atoms with Crippen molar-refractivity contribution in [1.29, 1.82) is 0 Å². The fourth-order valence-corrected chi connectivity index (χ4v) is 1.79. The number of ether oxygens (including phenoxy) is 1. The predicted molar refractivity (Wildman–Crippen MR) is 79.3 cm³/mol. The van der Waals surface area contributed by atoms with Gasteiger partial charge in [-0.15, -0.1) is 5.10 Å². The molecule has 1 aromatic carbocycles. The van der Waals surface area contributed by atoms with Gasteiger partial charge < -0.3 is 15.4 Å². The number of methoxy groups -OCH3 is 1. The zero-order valence-electron chi connectivity index (χ0n) is 11.8. The smallest absolute Gasteiger partial charge is 0.244 e. The summed E-state index contributed by atoms with van der Waals surface area (Å²) in [6.07, 6.45) is 2.56. The van der Waals surface area contributed by atoms with Crippen molar-refractivity contribution in [3.63, 3.8) is 0 Å². The highest BCUT2D eigenvalue weighted by Crippen LogP contribution is 2.19. The number of nitrogens with zero attached hydrogens (tertiary/aromatic N) is 3. The maximum atomic E-state index is 4.97. The minimum Gasteiger partial charge on any atom is -0.383 e. The van der Waals surface area contributed by atoms with Crippen molar-refractivity contribution >= 4 is 17.5 Å². The first-order valence-electron chi connectivity index (χ1n) is 6.61. The summed E-state index contributed by atoms with van der Waals surface area (Å²) in [6.45, 7) is 3.36. The third kappa shape index (κ3) is 3.89. The molecule has 0 fully saturated rings. The van der Waals surface area contributed by atoms with Gasteiger partial charge in [-0.3, -0.25) is 0 Å². The van der Waals surface area contributed by atoms with Crippen molar-refractivity contribution in [2.45, 2.75) is 13.3 Å². The molecular formula is C14H19N5O. The molecule has 0 saturated carbocycles. The molecule has 0 bridgehead atoms. The molecule has 2 rings (SSSR count). The van der Waals surface area contributed by atoms with Gasteiger partial charge in [0.05, 0.1) is 12.8 Å². The van der Waals surface area contributed by atoms with Gasteiger partial charge in [0.1, 0.15) is 0 Å². The molecule has 1 heterocycles.